The van der Waals surface area contributed by atoms with Gasteiger partial charge in [-0.15, -0.1) is 0 Å². The molecule has 0 bridgehead atoms. The molecule has 2 aliphatic heterocycles. The van der Waals surface area contributed by atoms with Crippen LogP contribution in [-0.2, 0) is 6.42 Å². The molecule has 0 saturated carbocycles. The minimum absolute atomic E-state index is 0.0247. The zero-order chi connectivity index (χ0) is 19.2. The number of fused-ring (bicyclic) bond motifs is 1. The Morgan fingerprint density at radius 2 is 1.81 bits per heavy atom. The average Bonchev–Trinajstić information content (AvgIpc) is 2.88. The van der Waals surface area contributed by atoms with E-state index in [2.05, 4.69) is 0 Å². The highest BCUT2D eigenvalue weighted by Gasteiger charge is 2.34. The quantitative estimate of drug-likeness (QED) is 0.891. The van der Waals surface area contributed by atoms with Gasteiger partial charge >= 0.3 is 5.97 Å². The SMILES string of the molecule is CC1(C)Cc2c(Oc3ccc(C(=O)N4CCC4)cc3)cc(C(=O)O)cc2O1. The molecule has 0 aliphatic carbocycles. The van der Waals surface area contributed by atoms with Gasteiger partial charge in [0.05, 0.1) is 5.56 Å². The lowest BCUT2D eigenvalue weighted by Crippen LogP contribution is -2.41. The largest absolute Gasteiger partial charge is 0.487 e. The number of rotatable bonds is 4. The molecule has 0 radical (unpaired) electrons. The number of carboxylic acid groups (broad SMARTS) is 1. The fraction of sp³-hybridized carbons (Fsp3) is 0.333. The van der Waals surface area contributed by atoms with E-state index < -0.39 is 11.6 Å². The molecule has 0 aromatic heterocycles. The van der Waals surface area contributed by atoms with Crippen molar-refractivity contribution in [2.24, 2.45) is 0 Å². The monoisotopic (exact) mass is 367 g/mol. The molecule has 1 saturated heterocycles. The van der Waals surface area contributed by atoms with E-state index in [1.165, 1.54) is 12.1 Å². The summed E-state index contributed by atoms with van der Waals surface area (Å²) in [5.74, 6) is 0.546. The van der Waals surface area contributed by atoms with Crippen molar-refractivity contribution < 1.29 is 24.2 Å². The Morgan fingerprint density at radius 1 is 1.11 bits per heavy atom. The molecule has 4 rings (SSSR count). The van der Waals surface area contributed by atoms with Crippen molar-refractivity contribution in [3.63, 3.8) is 0 Å². The number of carbonyl (C=O) groups is 2. The van der Waals surface area contributed by atoms with Gasteiger partial charge in [-0.3, -0.25) is 4.79 Å². The standard InChI is InChI=1S/C21H21NO5/c1-21(2)12-16-17(10-14(20(24)25)11-18(16)27-21)26-15-6-4-13(5-7-15)19(23)22-8-3-9-22/h4-7,10-11H,3,8-9,12H2,1-2H3,(H,24,25). The second kappa shape index (κ2) is 6.30. The van der Waals surface area contributed by atoms with Crippen LogP contribution < -0.4 is 9.47 Å². The topological polar surface area (TPSA) is 76.1 Å². The maximum atomic E-state index is 12.2. The highest BCUT2D eigenvalue weighted by molar-refractivity contribution is 5.94. The predicted molar refractivity (Wildman–Crippen MR) is 98.8 cm³/mol. The van der Waals surface area contributed by atoms with Crippen LogP contribution in [-0.4, -0.2) is 40.6 Å². The van der Waals surface area contributed by atoms with Crippen LogP contribution in [0.4, 0.5) is 0 Å². The molecular formula is C21H21NO5. The second-order valence-electron chi connectivity index (χ2n) is 7.57. The molecule has 140 valence electrons. The minimum Gasteiger partial charge on any atom is -0.487 e. The third-order valence-corrected chi connectivity index (χ3v) is 4.88. The van der Waals surface area contributed by atoms with Crippen molar-refractivity contribution in [1.29, 1.82) is 0 Å². The van der Waals surface area contributed by atoms with E-state index >= 15 is 0 Å². The number of ether oxygens (including phenoxy) is 2. The van der Waals surface area contributed by atoms with E-state index in [4.69, 9.17) is 9.47 Å². The van der Waals surface area contributed by atoms with Crippen molar-refractivity contribution in [3.8, 4) is 17.2 Å². The summed E-state index contributed by atoms with van der Waals surface area (Å²) in [5.41, 5.74) is 1.18. The Kier molecular flexibility index (Phi) is 4.06. The third kappa shape index (κ3) is 3.35. The maximum Gasteiger partial charge on any atom is 0.335 e. The Balaban J connectivity index is 1.61. The summed E-state index contributed by atoms with van der Waals surface area (Å²) in [5, 5.41) is 9.36. The smallest absolute Gasteiger partial charge is 0.335 e. The van der Waals surface area contributed by atoms with E-state index in [1.54, 1.807) is 29.2 Å². The molecule has 2 heterocycles. The van der Waals surface area contributed by atoms with Crippen LogP contribution in [0.3, 0.4) is 0 Å². The van der Waals surface area contributed by atoms with Gasteiger partial charge in [-0.2, -0.15) is 0 Å². The molecule has 0 atom stereocenters. The third-order valence-electron chi connectivity index (χ3n) is 4.88. The molecule has 0 spiro atoms. The first kappa shape index (κ1) is 17.4. The number of benzene rings is 2. The van der Waals surface area contributed by atoms with E-state index in [0.29, 0.717) is 29.2 Å². The van der Waals surface area contributed by atoms with Crippen molar-refractivity contribution in [1.82, 2.24) is 4.90 Å². The minimum atomic E-state index is -1.04. The zero-order valence-corrected chi connectivity index (χ0v) is 15.3. The van der Waals surface area contributed by atoms with Gasteiger partial charge in [0.25, 0.3) is 5.91 Å². The molecule has 1 fully saturated rings. The van der Waals surface area contributed by atoms with Crippen LogP contribution in [0.1, 0.15) is 46.5 Å². The van der Waals surface area contributed by atoms with Gasteiger partial charge < -0.3 is 19.5 Å². The number of carbonyl (C=O) groups excluding carboxylic acids is 1. The van der Waals surface area contributed by atoms with Crippen molar-refractivity contribution in [2.45, 2.75) is 32.3 Å². The number of hydrogen-bond donors (Lipinski definition) is 1. The number of nitrogens with zero attached hydrogens (tertiary/aromatic N) is 1. The van der Waals surface area contributed by atoms with E-state index in [-0.39, 0.29) is 11.5 Å². The van der Waals surface area contributed by atoms with Gasteiger partial charge in [-0.25, -0.2) is 4.79 Å². The summed E-state index contributed by atoms with van der Waals surface area (Å²) in [6, 6.07) is 9.98. The van der Waals surface area contributed by atoms with Crippen LogP contribution in [0.15, 0.2) is 36.4 Å². The summed E-state index contributed by atoms with van der Waals surface area (Å²) in [4.78, 5) is 25.5. The maximum absolute atomic E-state index is 12.2. The van der Waals surface area contributed by atoms with Crippen molar-refractivity contribution >= 4 is 11.9 Å². The van der Waals surface area contributed by atoms with Crippen LogP contribution in [0, 0.1) is 0 Å². The lowest BCUT2D eigenvalue weighted by Gasteiger charge is -2.30. The highest BCUT2D eigenvalue weighted by atomic mass is 16.5. The van der Waals surface area contributed by atoms with Crippen molar-refractivity contribution in [2.75, 3.05) is 13.1 Å². The van der Waals surface area contributed by atoms with Gasteiger partial charge in [0.1, 0.15) is 22.8 Å². The lowest BCUT2D eigenvalue weighted by molar-refractivity contribution is 0.0650. The Hall–Kier alpha value is -3.02. The second-order valence-corrected chi connectivity index (χ2v) is 7.57. The molecule has 2 aromatic rings. The Bertz CT molecular complexity index is 913. The van der Waals surface area contributed by atoms with Gasteiger partial charge in [-0.1, -0.05) is 0 Å². The first-order valence-corrected chi connectivity index (χ1v) is 8.99. The summed E-state index contributed by atoms with van der Waals surface area (Å²) in [7, 11) is 0. The molecule has 27 heavy (non-hydrogen) atoms. The van der Waals surface area contributed by atoms with Crippen LogP contribution >= 0.6 is 0 Å². The first-order chi connectivity index (χ1) is 12.8. The molecule has 6 nitrogen and oxygen atoms in total. The fourth-order valence-corrected chi connectivity index (χ4v) is 3.35. The van der Waals surface area contributed by atoms with Gasteiger partial charge in [0, 0.05) is 30.6 Å². The van der Waals surface area contributed by atoms with E-state index in [1.807, 2.05) is 13.8 Å². The summed E-state index contributed by atoms with van der Waals surface area (Å²) >= 11 is 0. The molecule has 1 amide bonds. The number of hydrogen-bond acceptors (Lipinski definition) is 4. The highest BCUT2D eigenvalue weighted by Crippen LogP contribution is 2.42. The van der Waals surface area contributed by atoms with Crippen LogP contribution in [0.25, 0.3) is 0 Å². The molecule has 1 N–H and O–H groups in total. The van der Waals surface area contributed by atoms with Gasteiger partial charge in [0.2, 0.25) is 0 Å². The van der Waals surface area contributed by atoms with Crippen LogP contribution in [0.5, 0.6) is 17.2 Å². The molecule has 0 unspecified atom stereocenters. The Labute approximate surface area is 157 Å². The Morgan fingerprint density at radius 3 is 2.41 bits per heavy atom. The lowest BCUT2D eigenvalue weighted by atomic mass is 10.00. The zero-order valence-electron chi connectivity index (χ0n) is 15.3. The van der Waals surface area contributed by atoms with E-state index in [0.717, 1.165) is 25.1 Å². The normalized spacial score (nSPS) is 16.9. The number of carboxylic acids is 1. The predicted octanol–water partition coefficient (Wildman–Crippen LogP) is 3.74. The van der Waals surface area contributed by atoms with Gasteiger partial charge in [-0.05, 0) is 56.7 Å². The number of aromatic carboxylic acids is 1. The summed E-state index contributed by atoms with van der Waals surface area (Å²) < 4.78 is 11.8. The molecule has 6 heteroatoms. The molecule has 2 aliphatic rings. The first-order valence-electron chi connectivity index (χ1n) is 8.99. The summed E-state index contributed by atoms with van der Waals surface area (Å²) in [6.07, 6.45) is 1.68. The molecule has 2 aromatic carbocycles. The fourth-order valence-electron chi connectivity index (χ4n) is 3.35. The number of likely N-dealkylation sites (tertiary alicyclic amines) is 1. The average molecular weight is 367 g/mol. The van der Waals surface area contributed by atoms with Crippen molar-refractivity contribution in [3.05, 3.63) is 53.1 Å². The summed E-state index contributed by atoms with van der Waals surface area (Å²) in [6.45, 7) is 5.52. The van der Waals surface area contributed by atoms with E-state index in [9.17, 15) is 14.7 Å². The number of amides is 1. The van der Waals surface area contributed by atoms with Gasteiger partial charge in [0.15, 0.2) is 0 Å². The molecular weight excluding hydrogens is 346 g/mol. The van der Waals surface area contributed by atoms with Crippen LogP contribution in [0.2, 0.25) is 0 Å².